The molecule has 1 aromatic heterocycles. The first kappa shape index (κ1) is 22.5. The van der Waals surface area contributed by atoms with E-state index in [0.29, 0.717) is 11.6 Å². The van der Waals surface area contributed by atoms with Crippen molar-refractivity contribution in [2.24, 2.45) is 0 Å². The van der Waals surface area contributed by atoms with Crippen LogP contribution in [0.15, 0.2) is 28.6 Å². The van der Waals surface area contributed by atoms with Crippen LogP contribution < -0.4 is 5.32 Å². The number of aromatic nitrogens is 2. The van der Waals surface area contributed by atoms with Crippen LogP contribution in [-0.2, 0) is 14.6 Å². The van der Waals surface area contributed by atoms with Crippen molar-refractivity contribution >= 4 is 49.7 Å². The van der Waals surface area contributed by atoms with Crippen LogP contribution in [0.25, 0.3) is 0 Å². The molecule has 4 rings (SSSR count). The summed E-state index contributed by atoms with van der Waals surface area (Å²) in [5.41, 5.74) is 2.13. The Kier molecular flexibility index (Phi) is 7.18. The molecule has 1 amide bonds. The summed E-state index contributed by atoms with van der Waals surface area (Å²) in [5.74, 6) is 0.559. The lowest BCUT2D eigenvalue weighted by atomic mass is 9.93. The van der Waals surface area contributed by atoms with Crippen molar-refractivity contribution in [1.82, 2.24) is 15.1 Å². The van der Waals surface area contributed by atoms with Gasteiger partial charge >= 0.3 is 0 Å². The quantitative estimate of drug-likeness (QED) is 0.598. The van der Waals surface area contributed by atoms with Gasteiger partial charge in [0.25, 0.3) is 0 Å². The molecule has 1 aliphatic carbocycles. The van der Waals surface area contributed by atoms with Gasteiger partial charge in [0.1, 0.15) is 0 Å². The number of anilines is 2. The molecule has 1 saturated heterocycles. The molecule has 1 unspecified atom stereocenters. The molecule has 2 heterocycles. The van der Waals surface area contributed by atoms with E-state index in [-0.39, 0.29) is 35.2 Å². The highest BCUT2D eigenvalue weighted by molar-refractivity contribution is 8.01. The number of sulfone groups is 1. The lowest BCUT2D eigenvalue weighted by molar-refractivity contribution is -0.133. The average molecular weight is 481 g/mol. The zero-order valence-electron chi connectivity index (χ0n) is 17.6. The summed E-state index contributed by atoms with van der Waals surface area (Å²) in [6, 6.07) is 8.01. The van der Waals surface area contributed by atoms with Gasteiger partial charge in [-0.15, -0.1) is 10.2 Å². The second-order valence-electron chi connectivity index (χ2n) is 8.30. The summed E-state index contributed by atoms with van der Waals surface area (Å²) in [6.07, 6.45) is 5.89. The lowest BCUT2D eigenvalue weighted by Gasteiger charge is -2.38. The summed E-state index contributed by atoms with van der Waals surface area (Å²) in [4.78, 5) is 15.1. The number of amides is 1. The molecule has 1 aromatic carbocycles. The lowest BCUT2D eigenvalue weighted by Crippen LogP contribution is -2.49. The van der Waals surface area contributed by atoms with Crippen molar-refractivity contribution in [3.8, 4) is 0 Å². The van der Waals surface area contributed by atoms with E-state index < -0.39 is 9.84 Å². The third kappa shape index (κ3) is 5.98. The molecule has 0 spiro atoms. The standard InChI is InChI=1S/C21H28N4O3S3/c1-15-7-9-16(10-8-15)22-20-23-24-21(30-20)29-13-19(26)25(17-5-3-2-4-6-17)18-11-12-31(27,28)14-18/h7-10,17-18H,2-6,11-14H2,1H3,(H,22,23). The zero-order chi connectivity index (χ0) is 21.8. The van der Waals surface area contributed by atoms with Gasteiger partial charge in [-0.05, 0) is 38.3 Å². The van der Waals surface area contributed by atoms with Gasteiger partial charge in [0.15, 0.2) is 14.2 Å². The second kappa shape index (κ2) is 9.87. The van der Waals surface area contributed by atoms with Crippen LogP contribution in [0.1, 0.15) is 44.1 Å². The van der Waals surface area contributed by atoms with Gasteiger partial charge in [-0.1, -0.05) is 60.1 Å². The average Bonchev–Trinajstić information content (AvgIpc) is 3.35. The van der Waals surface area contributed by atoms with Crippen LogP contribution in [0, 0.1) is 6.92 Å². The molecular weight excluding hydrogens is 452 g/mol. The molecule has 0 radical (unpaired) electrons. The Morgan fingerprint density at radius 2 is 1.87 bits per heavy atom. The molecule has 2 aliphatic rings. The fourth-order valence-corrected chi connectivity index (χ4v) is 7.69. The number of thioether (sulfide) groups is 1. The summed E-state index contributed by atoms with van der Waals surface area (Å²) in [5, 5.41) is 12.3. The topological polar surface area (TPSA) is 92.3 Å². The first-order valence-corrected chi connectivity index (χ1v) is 14.3. The molecule has 31 heavy (non-hydrogen) atoms. The van der Waals surface area contributed by atoms with Gasteiger partial charge in [0.2, 0.25) is 11.0 Å². The van der Waals surface area contributed by atoms with E-state index in [1.165, 1.54) is 35.1 Å². The highest BCUT2D eigenvalue weighted by Gasteiger charge is 2.38. The van der Waals surface area contributed by atoms with E-state index in [2.05, 4.69) is 15.5 Å². The van der Waals surface area contributed by atoms with E-state index >= 15 is 0 Å². The third-order valence-electron chi connectivity index (χ3n) is 5.89. The van der Waals surface area contributed by atoms with Crippen molar-refractivity contribution in [2.75, 3.05) is 22.6 Å². The Bertz CT molecular complexity index is 1000. The Balaban J connectivity index is 1.38. The van der Waals surface area contributed by atoms with Crippen molar-refractivity contribution in [1.29, 1.82) is 0 Å². The number of carbonyl (C=O) groups is 1. The molecule has 1 atom stereocenters. The molecule has 2 fully saturated rings. The molecule has 1 N–H and O–H groups in total. The van der Waals surface area contributed by atoms with Crippen LogP contribution in [0.3, 0.4) is 0 Å². The number of nitrogens with zero attached hydrogens (tertiary/aromatic N) is 3. The molecule has 7 nitrogen and oxygen atoms in total. The van der Waals surface area contributed by atoms with E-state index in [9.17, 15) is 13.2 Å². The number of hydrogen-bond acceptors (Lipinski definition) is 8. The summed E-state index contributed by atoms with van der Waals surface area (Å²) in [6.45, 7) is 2.04. The van der Waals surface area contributed by atoms with Crippen molar-refractivity contribution in [2.45, 2.75) is 61.9 Å². The number of benzene rings is 1. The molecule has 1 saturated carbocycles. The first-order chi connectivity index (χ1) is 14.9. The fraction of sp³-hybridized carbons (Fsp3) is 0.571. The van der Waals surface area contributed by atoms with Gasteiger partial charge in [-0.2, -0.15) is 0 Å². The largest absolute Gasteiger partial charge is 0.335 e. The molecule has 2 aromatic rings. The SMILES string of the molecule is Cc1ccc(Nc2nnc(SCC(=O)N(C3CCCCC3)C3CCS(=O)(=O)C3)s2)cc1. The number of nitrogens with one attached hydrogen (secondary N) is 1. The van der Waals surface area contributed by atoms with E-state index in [0.717, 1.165) is 35.7 Å². The van der Waals surface area contributed by atoms with Gasteiger partial charge in [-0.25, -0.2) is 8.42 Å². The maximum Gasteiger partial charge on any atom is 0.233 e. The van der Waals surface area contributed by atoms with Crippen LogP contribution in [0.5, 0.6) is 0 Å². The van der Waals surface area contributed by atoms with Crippen molar-refractivity contribution in [3.05, 3.63) is 29.8 Å². The maximum absolute atomic E-state index is 13.2. The smallest absolute Gasteiger partial charge is 0.233 e. The monoisotopic (exact) mass is 480 g/mol. The van der Waals surface area contributed by atoms with Gasteiger partial charge < -0.3 is 10.2 Å². The minimum absolute atomic E-state index is 0.0160. The summed E-state index contributed by atoms with van der Waals surface area (Å²) in [7, 11) is -3.04. The number of aryl methyl sites for hydroxylation is 1. The number of rotatable bonds is 7. The summed E-state index contributed by atoms with van der Waals surface area (Å²) < 4.78 is 24.8. The predicted molar refractivity (Wildman–Crippen MR) is 126 cm³/mol. The Labute approximate surface area is 191 Å². The number of carbonyl (C=O) groups excluding carboxylic acids is 1. The highest BCUT2D eigenvalue weighted by atomic mass is 32.2. The molecule has 168 valence electrons. The minimum atomic E-state index is -3.04. The summed E-state index contributed by atoms with van der Waals surface area (Å²) >= 11 is 2.79. The van der Waals surface area contributed by atoms with E-state index in [1.807, 2.05) is 36.1 Å². The van der Waals surface area contributed by atoms with Gasteiger partial charge in [0.05, 0.1) is 17.3 Å². The Hall–Kier alpha value is -1.65. The van der Waals surface area contributed by atoms with Crippen LogP contribution in [0.4, 0.5) is 10.8 Å². The van der Waals surface area contributed by atoms with Gasteiger partial charge in [0, 0.05) is 17.8 Å². The molecule has 10 heteroatoms. The van der Waals surface area contributed by atoms with Crippen LogP contribution in [-0.4, -0.2) is 58.8 Å². The maximum atomic E-state index is 13.2. The Morgan fingerprint density at radius 3 is 2.55 bits per heavy atom. The van der Waals surface area contributed by atoms with E-state index in [1.54, 1.807) is 0 Å². The van der Waals surface area contributed by atoms with E-state index in [4.69, 9.17) is 0 Å². The highest BCUT2D eigenvalue weighted by Crippen LogP contribution is 2.31. The predicted octanol–water partition coefficient (Wildman–Crippen LogP) is 4.03. The number of hydrogen-bond donors (Lipinski definition) is 1. The van der Waals surface area contributed by atoms with Crippen LogP contribution in [0.2, 0.25) is 0 Å². The second-order valence-corrected chi connectivity index (χ2v) is 12.7. The van der Waals surface area contributed by atoms with Crippen molar-refractivity contribution < 1.29 is 13.2 Å². The van der Waals surface area contributed by atoms with Gasteiger partial charge in [-0.3, -0.25) is 4.79 Å². The molecular formula is C21H28N4O3S3. The third-order valence-corrected chi connectivity index (χ3v) is 9.59. The van der Waals surface area contributed by atoms with Crippen LogP contribution >= 0.6 is 23.1 Å². The Morgan fingerprint density at radius 1 is 1.13 bits per heavy atom. The van der Waals surface area contributed by atoms with Crippen molar-refractivity contribution in [3.63, 3.8) is 0 Å². The zero-order valence-corrected chi connectivity index (χ0v) is 20.1. The first-order valence-electron chi connectivity index (χ1n) is 10.7. The molecule has 1 aliphatic heterocycles. The minimum Gasteiger partial charge on any atom is -0.335 e. The molecule has 0 bridgehead atoms. The normalized spacial score (nSPS) is 21.1. The fourth-order valence-electron chi connectivity index (χ4n) is 4.34.